The zero-order valence-electron chi connectivity index (χ0n) is 9.38. The van der Waals surface area contributed by atoms with Crippen molar-refractivity contribution in [1.82, 2.24) is 0 Å². The molecule has 2 rings (SSSR count). The quantitative estimate of drug-likeness (QED) is 0.682. The molecule has 0 bridgehead atoms. The molecule has 0 spiro atoms. The molecule has 0 heterocycles. The third kappa shape index (κ3) is 4.04. The van der Waals surface area contributed by atoms with Crippen LogP contribution in [0.3, 0.4) is 0 Å². The van der Waals surface area contributed by atoms with Crippen molar-refractivity contribution in [2.75, 3.05) is 0 Å². The summed E-state index contributed by atoms with van der Waals surface area (Å²) < 4.78 is 1.10. The smallest absolute Gasteiger partial charge is 0.0181 e. The van der Waals surface area contributed by atoms with Gasteiger partial charge in [0.05, 0.1) is 0 Å². The molecule has 0 saturated heterocycles. The van der Waals surface area contributed by atoms with Crippen molar-refractivity contribution in [2.45, 2.75) is 0 Å². The van der Waals surface area contributed by atoms with E-state index in [-0.39, 0.29) is 0 Å². The fourth-order valence-electron chi connectivity index (χ4n) is 1.51. The molecule has 1 heteroatoms. The molecule has 0 radical (unpaired) electrons. The van der Waals surface area contributed by atoms with Gasteiger partial charge in [-0.25, -0.2) is 0 Å². The molecule has 0 atom stereocenters. The Morgan fingerprint density at radius 3 is 2.06 bits per heavy atom. The molecule has 0 unspecified atom stereocenters. The van der Waals surface area contributed by atoms with Crippen molar-refractivity contribution in [2.24, 2.45) is 0 Å². The summed E-state index contributed by atoms with van der Waals surface area (Å²) in [6.07, 6.45) is 8.28. The normalized spacial score (nSPS) is 11.4. The van der Waals surface area contributed by atoms with E-state index in [1.807, 2.05) is 30.3 Å². The number of hydrogen-bond donors (Lipinski definition) is 0. The van der Waals surface area contributed by atoms with Gasteiger partial charge in [-0.2, -0.15) is 0 Å². The summed E-state index contributed by atoms with van der Waals surface area (Å²) in [5, 5.41) is 0. The minimum absolute atomic E-state index is 1.10. The maximum atomic E-state index is 3.46. The van der Waals surface area contributed by atoms with Crippen LogP contribution < -0.4 is 0 Å². The minimum Gasteiger partial charge on any atom is -0.0622 e. The van der Waals surface area contributed by atoms with Crippen LogP contribution in [0, 0.1) is 0 Å². The van der Waals surface area contributed by atoms with Gasteiger partial charge in [0.1, 0.15) is 0 Å². The first-order chi connectivity index (χ1) is 8.34. The van der Waals surface area contributed by atoms with E-state index in [0.717, 1.165) is 4.47 Å². The van der Waals surface area contributed by atoms with Crippen LogP contribution in [0.2, 0.25) is 0 Å². The van der Waals surface area contributed by atoms with E-state index in [1.54, 1.807) is 0 Å². The van der Waals surface area contributed by atoms with Gasteiger partial charge in [-0.3, -0.25) is 0 Å². The molecule has 0 aliphatic rings. The van der Waals surface area contributed by atoms with Crippen molar-refractivity contribution in [1.29, 1.82) is 0 Å². The molecular weight excluding hydrogens is 272 g/mol. The Bertz CT molecular complexity index is 524. The van der Waals surface area contributed by atoms with E-state index in [1.165, 1.54) is 11.1 Å². The average molecular weight is 285 g/mol. The molecule has 0 amide bonds. The van der Waals surface area contributed by atoms with E-state index < -0.39 is 0 Å². The standard InChI is InChI=1S/C16H13Br/c17-16-12-6-11-15(13-16)10-5-4-9-14-7-2-1-3-8-14/h1-13H/b9-4+,10-5-. The molecule has 0 aliphatic carbocycles. The minimum atomic E-state index is 1.10. The maximum absolute atomic E-state index is 3.46. The van der Waals surface area contributed by atoms with Crippen LogP contribution in [0.15, 0.2) is 71.2 Å². The monoisotopic (exact) mass is 284 g/mol. The third-order valence-corrected chi connectivity index (χ3v) is 2.83. The fourth-order valence-corrected chi connectivity index (χ4v) is 1.92. The SMILES string of the molecule is Brc1cccc(/C=C\C=C\c2ccccc2)c1. The van der Waals surface area contributed by atoms with Crippen molar-refractivity contribution in [3.05, 3.63) is 82.3 Å². The van der Waals surface area contributed by atoms with Gasteiger partial charge in [-0.15, -0.1) is 0 Å². The van der Waals surface area contributed by atoms with E-state index in [0.29, 0.717) is 0 Å². The van der Waals surface area contributed by atoms with Gasteiger partial charge in [-0.1, -0.05) is 82.7 Å². The van der Waals surface area contributed by atoms with Crippen molar-refractivity contribution in [3.63, 3.8) is 0 Å². The summed E-state index contributed by atoms with van der Waals surface area (Å²) in [5.74, 6) is 0. The zero-order valence-corrected chi connectivity index (χ0v) is 11.0. The molecule has 0 N–H and O–H groups in total. The van der Waals surface area contributed by atoms with Crippen LogP contribution in [0.25, 0.3) is 12.2 Å². The van der Waals surface area contributed by atoms with Gasteiger partial charge in [0.25, 0.3) is 0 Å². The van der Waals surface area contributed by atoms with Gasteiger partial charge in [0.15, 0.2) is 0 Å². The Hall–Kier alpha value is -1.60. The van der Waals surface area contributed by atoms with Gasteiger partial charge >= 0.3 is 0 Å². The molecule has 0 aliphatic heterocycles. The Kier molecular flexibility index (Phi) is 4.34. The molecule has 0 saturated carbocycles. The number of halogens is 1. The Balaban J connectivity index is 2.01. The number of hydrogen-bond acceptors (Lipinski definition) is 0. The predicted molar refractivity (Wildman–Crippen MR) is 78.7 cm³/mol. The zero-order chi connectivity index (χ0) is 11.9. The van der Waals surface area contributed by atoms with E-state index in [4.69, 9.17) is 0 Å². The van der Waals surface area contributed by atoms with Crippen LogP contribution in [-0.4, -0.2) is 0 Å². The summed E-state index contributed by atoms with van der Waals surface area (Å²) in [7, 11) is 0. The highest BCUT2D eigenvalue weighted by Gasteiger charge is 1.87. The van der Waals surface area contributed by atoms with Gasteiger partial charge < -0.3 is 0 Å². The lowest BCUT2D eigenvalue weighted by atomic mass is 10.2. The number of allylic oxidation sites excluding steroid dienone is 2. The van der Waals surface area contributed by atoms with Crippen LogP contribution in [0.1, 0.15) is 11.1 Å². The molecule has 0 aromatic heterocycles. The first kappa shape index (κ1) is 11.9. The largest absolute Gasteiger partial charge is 0.0622 e. The molecule has 2 aromatic rings. The highest BCUT2D eigenvalue weighted by Crippen LogP contribution is 2.12. The van der Waals surface area contributed by atoms with Crippen LogP contribution >= 0.6 is 15.9 Å². The highest BCUT2D eigenvalue weighted by atomic mass is 79.9. The predicted octanol–water partition coefficient (Wildman–Crippen LogP) is 5.18. The third-order valence-electron chi connectivity index (χ3n) is 2.34. The van der Waals surface area contributed by atoms with Gasteiger partial charge in [0.2, 0.25) is 0 Å². The molecular formula is C16H13Br. The first-order valence-corrected chi connectivity index (χ1v) is 6.29. The van der Waals surface area contributed by atoms with E-state index >= 15 is 0 Å². The summed E-state index contributed by atoms with van der Waals surface area (Å²) in [5.41, 5.74) is 2.41. The van der Waals surface area contributed by atoms with Crippen LogP contribution in [-0.2, 0) is 0 Å². The first-order valence-electron chi connectivity index (χ1n) is 5.50. The second-order valence-corrected chi connectivity index (χ2v) is 4.60. The van der Waals surface area contributed by atoms with Crippen LogP contribution in [0.4, 0.5) is 0 Å². The number of rotatable bonds is 3. The topological polar surface area (TPSA) is 0 Å². The second-order valence-electron chi connectivity index (χ2n) is 3.68. The molecule has 2 aromatic carbocycles. The van der Waals surface area contributed by atoms with E-state index in [9.17, 15) is 0 Å². The van der Waals surface area contributed by atoms with Gasteiger partial charge in [-0.05, 0) is 23.3 Å². The molecule has 0 fully saturated rings. The molecule has 84 valence electrons. The van der Waals surface area contributed by atoms with Crippen molar-refractivity contribution in [3.8, 4) is 0 Å². The lowest BCUT2D eigenvalue weighted by Crippen LogP contribution is -1.70. The molecule has 17 heavy (non-hydrogen) atoms. The Morgan fingerprint density at radius 2 is 1.35 bits per heavy atom. The maximum Gasteiger partial charge on any atom is 0.0181 e. The molecule has 0 nitrogen and oxygen atoms in total. The average Bonchev–Trinajstić information content (AvgIpc) is 2.36. The number of benzene rings is 2. The highest BCUT2D eigenvalue weighted by molar-refractivity contribution is 9.10. The van der Waals surface area contributed by atoms with Gasteiger partial charge in [0, 0.05) is 4.47 Å². The Labute approximate surface area is 110 Å². The van der Waals surface area contributed by atoms with Crippen LogP contribution in [0.5, 0.6) is 0 Å². The van der Waals surface area contributed by atoms with Crippen molar-refractivity contribution >= 4 is 28.1 Å². The fraction of sp³-hybridized carbons (Fsp3) is 0. The summed E-state index contributed by atoms with van der Waals surface area (Å²) in [6, 6.07) is 18.5. The second kappa shape index (κ2) is 6.21. The van der Waals surface area contributed by atoms with Crippen molar-refractivity contribution < 1.29 is 0 Å². The lowest BCUT2D eigenvalue weighted by Gasteiger charge is -1.93. The lowest BCUT2D eigenvalue weighted by molar-refractivity contribution is 1.61. The summed E-state index contributed by atoms with van der Waals surface area (Å²) in [4.78, 5) is 0. The summed E-state index contributed by atoms with van der Waals surface area (Å²) in [6.45, 7) is 0. The Morgan fingerprint density at radius 1 is 0.706 bits per heavy atom. The summed E-state index contributed by atoms with van der Waals surface area (Å²) >= 11 is 3.46. The van der Waals surface area contributed by atoms with E-state index in [2.05, 4.69) is 64.5 Å².